The zero-order valence-electron chi connectivity index (χ0n) is 47.1. The van der Waals surface area contributed by atoms with Gasteiger partial charge < -0.3 is 64.0 Å². The first-order chi connectivity index (χ1) is 40.2. The molecule has 0 spiro atoms. The molecule has 4 N–H and O–H groups in total. The average Bonchev–Trinajstić information content (AvgIpc) is 3.78. The minimum absolute atomic E-state index is 0.00945. The summed E-state index contributed by atoms with van der Waals surface area (Å²) in [6, 6.07) is 7.96. The Labute approximate surface area is 479 Å². The van der Waals surface area contributed by atoms with E-state index < -0.39 is 107 Å². The van der Waals surface area contributed by atoms with Crippen LogP contribution < -0.4 is 25.3 Å². The minimum atomic E-state index is -4.51. The van der Waals surface area contributed by atoms with E-state index in [1.165, 1.54) is 69.7 Å². The molecule has 6 heterocycles. The highest BCUT2D eigenvalue weighted by molar-refractivity contribution is 5.88. The Bertz CT molecular complexity index is 3390. The first kappa shape index (κ1) is 59.3. The summed E-state index contributed by atoms with van der Waals surface area (Å²) < 4.78 is 128. The number of amides is 4. The van der Waals surface area contributed by atoms with Crippen molar-refractivity contribution in [1.82, 2.24) is 40.4 Å². The van der Waals surface area contributed by atoms with Crippen molar-refractivity contribution in [2.24, 2.45) is 0 Å². The Hall–Kier alpha value is -7.87. The number of alkyl halides is 3. The Morgan fingerprint density at radius 2 is 1.11 bits per heavy atom. The van der Waals surface area contributed by atoms with Gasteiger partial charge in [-0.1, -0.05) is 0 Å². The number of methoxy groups -OCH3 is 4. The van der Waals surface area contributed by atoms with Crippen LogP contribution in [0.4, 0.5) is 57.4 Å². The molecule has 0 saturated carbocycles. The molecule has 0 bridgehead atoms. The second-order valence-electron chi connectivity index (χ2n) is 21.7. The molecule has 4 saturated heterocycles. The van der Waals surface area contributed by atoms with E-state index in [2.05, 4.69) is 20.6 Å². The maximum absolute atomic E-state index is 17.0. The molecule has 19 nitrogen and oxygen atoms in total. The summed E-state index contributed by atoms with van der Waals surface area (Å²) in [5.41, 5.74) is 1.28. The van der Waals surface area contributed by atoms with Crippen molar-refractivity contribution >= 4 is 63.1 Å². The van der Waals surface area contributed by atoms with E-state index in [1.54, 1.807) is 40.7 Å². The highest BCUT2D eigenvalue weighted by Crippen LogP contribution is 2.45. The maximum atomic E-state index is 17.0. The number of likely N-dealkylation sites (tertiary alicyclic amines) is 2. The van der Waals surface area contributed by atoms with Gasteiger partial charge in [0, 0.05) is 88.6 Å². The predicted octanol–water partition coefficient (Wildman–Crippen LogP) is 9.14. The molecule has 26 heteroatoms. The van der Waals surface area contributed by atoms with Crippen LogP contribution in [0.15, 0.2) is 60.7 Å². The predicted molar refractivity (Wildman–Crippen MR) is 295 cm³/mol. The van der Waals surface area contributed by atoms with Gasteiger partial charge in [0.2, 0.25) is 11.8 Å². The Balaban J connectivity index is 0.958. The van der Waals surface area contributed by atoms with Gasteiger partial charge in [0.25, 0.3) is 0 Å². The summed E-state index contributed by atoms with van der Waals surface area (Å²) in [7, 11) is 5.19. The van der Waals surface area contributed by atoms with Crippen molar-refractivity contribution in [3.05, 3.63) is 112 Å². The van der Waals surface area contributed by atoms with Gasteiger partial charge in [-0.15, -0.1) is 0 Å². The molecule has 84 heavy (non-hydrogen) atoms. The Morgan fingerprint density at radius 1 is 0.607 bits per heavy atom. The van der Waals surface area contributed by atoms with Gasteiger partial charge in [-0.3, -0.25) is 9.59 Å². The number of alkyl carbamates (subject to hydrolysis) is 2. The van der Waals surface area contributed by atoms with Crippen molar-refractivity contribution in [2.45, 2.75) is 113 Å². The Kier molecular flexibility index (Phi) is 17.2. The summed E-state index contributed by atoms with van der Waals surface area (Å²) in [6.07, 6.45) is -4.78. The number of H-pyrrole nitrogens is 2. The molecule has 8 atom stereocenters. The van der Waals surface area contributed by atoms with Crippen molar-refractivity contribution in [3.63, 3.8) is 0 Å². The summed E-state index contributed by atoms with van der Waals surface area (Å²) in [5, 5.41) is 5.12. The third-order valence-electron chi connectivity index (χ3n) is 16.9. The van der Waals surface area contributed by atoms with Crippen LogP contribution in [0.2, 0.25) is 0 Å². The van der Waals surface area contributed by atoms with Crippen LogP contribution in [0.5, 0.6) is 0 Å². The SMILES string of the molecule is COC(=O)N[C@H](C(=O)N1CCC[C@H]1c1nc2cc(F)c(CC3CC[C@H](c4cc5[nH]c([C@@H]6CCCN6C(=O)[C@@H](NC(=O)OC)[C@@H](C)OC)nc5cc4F)N3c3cc(F)c(N4CCN(c5ccc(C(F)(F)F)cc5)CC4)c(F)c3)cc2[nH]1)[C@@H](C)OC. The van der Waals surface area contributed by atoms with Crippen molar-refractivity contribution in [2.75, 3.05) is 82.4 Å². The number of hydrogen-bond donors (Lipinski definition) is 4. The molecular weight excluding hydrogens is 1110 g/mol. The molecule has 4 aromatic carbocycles. The number of nitrogens with zero attached hydrogens (tertiary/aromatic N) is 7. The summed E-state index contributed by atoms with van der Waals surface area (Å²) in [4.78, 5) is 76.9. The van der Waals surface area contributed by atoms with E-state index in [4.69, 9.17) is 28.9 Å². The number of carbonyl (C=O) groups excluding carboxylic acids is 4. The highest BCUT2D eigenvalue weighted by Gasteiger charge is 2.43. The number of aromatic nitrogens is 4. The van der Waals surface area contributed by atoms with Crippen molar-refractivity contribution in [3.8, 4) is 0 Å². The van der Waals surface area contributed by atoms with E-state index >= 15 is 17.6 Å². The van der Waals surface area contributed by atoms with E-state index in [1.807, 2.05) is 4.90 Å². The van der Waals surface area contributed by atoms with Crippen LogP contribution in [0.3, 0.4) is 0 Å². The van der Waals surface area contributed by atoms with Crippen LogP contribution in [-0.4, -0.2) is 152 Å². The molecule has 2 aromatic heterocycles. The molecule has 0 radical (unpaired) electrons. The molecule has 4 amide bonds. The lowest BCUT2D eigenvalue weighted by molar-refractivity contribution is -0.138. The van der Waals surface area contributed by atoms with E-state index in [9.17, 15) is 32.3 Å². The standard InChI is InChI=1S/C58H66F7N11O8/c1-30(81-3)49(70-56(79)83-5)54(77)74-17-7-9-47(74)52-66-42-24-32(38(59)28-44(42)68-52)23-35-15-16-46(76(35)36-25-40(61)51(41(62)26-36)73-21-19-72(20-22-73)34-13-11-33(12-14-34)58(63,64)65)37-27-43-45(29-39(37)60)69-53(67-43)48-10-8-18-75(48)55(78)50(31(2)82-4)71-57(80)84-6/h11-14,24-31,35,46-50H,7-10,15-23H2,1-6H3,(H,66,68)(H,67,69)(H,70,79)(H,71,80)/t30-,31-,35?,46-,47+,48+,49+,50+/m1/s1. The molecule has 10 rings (SSSR count). The smallest absolute Gasteiger partial charge is 0.416 e. The fourth-order valence-electron chi connectivity index (χ4n) is 12.4. The molecule has 1 unspecified atom stereocenters. The summed E-state index contributed by atoms with van der Waals surface area (Å²) >= 11 is 0. The number of halogens is 7. The second-order valence-corrected chi connectivity index (χ2v) is 21.7. The third kappa shape index (κ3) is 11.8. The van der Waals surface area contributed by atoms with Crippen molar-refractivity contribution in [1.29, 1.82) is 0 Å². The van der Waals surface area contributed by atoms with Gasteiger partial charge in [-0.05, 0) is 113 Å². The molecule has 0 aliphatic carbocycles. The number of imidazole rings is 2. The van der Waals surface area contributed by atoms with Crippen LogP contribution in [0, 0.1) is 23.3 Å². The number of benzene rings is 4. The van der Waals surface area contributed by atoms with Crippen LogP contribution in [0.1, 0.15) is 98.8 Å². The van der Waals surface area contributed by atoms with E-state index in [-0.39, 0.29) is 72.6 Å². The summed E-state index contributed by atoms with van der Waals surface area (Å²) in [5.74, 6) is -3.20. The fraction of sp³-hybridized carbons (Fsp3) is 0.483. The molecule has 4 aliphatic rings. The quantitative estimate of drug-likeness (QED) is 0.0669. The number of rotatable bonds is 16. The van der Waals surface area contributed by atoms with Gasteiger partial charge in [-0.25, -0.2) is 37.1 Å². The fourth-order valence-corrected chi connectivity index (χ4v) is 12.4. The number of fused-ring (bicyclic) bond motifs is 2. The first-order valence-corrected chi connectivity index (χ1v) is 27.9. The van der Waals surface area contributed by atoms with Gasteiger partial charge in [0.1, 0.15) is 41.1 Å². The lowest BCUT2D eigenvalue weighted by Gasteiger charge is -2.38. The summed E-state index contributed by atoms with van der Waals surface area (Å²) in [6.45, 7) is 4.74. The average molecular weight is 1180 g/mol. The number of carbonyl (C=O) groups is 4. The van der Waals surface area contributed by atoms with Gasteiger partial charge in [0.05, 0.1) is 72.2 Å². The van der Waals surface area contributed by atoms with Crippen LogP contribution in [-0.2, 0) is 41.1 Å². The van der Waals surface area contributed by atoms with E-state index in [0.717, 1.165) is 12.1 Å². The topological polar surface area (TPSA) is 203 Å². The molecular formula is C58H66F7N11O8. The van der Waals surface area contributed by atoms with E-state index in [0.29, 0.717) is 73.6 Å². The zero-order valence-corrected chi connectivity index (χ0v) is 47.1. The number of aromatic amines is 2. The van der Waals surface area contributed by atoms with Crippen LogP contribution >= 0.6 is 0 Å². The number of hydrogen-bond acceptors (Lipinski definition) is 13. The van der Waals surface area contributed by atoms with Gasteiger partial charge >= 0.3 is 18.4 Å². The monoisotopic (exact) mass is 1180 g/mol. The largest absolute Gasteiger partial charge is 0.453 e. The maximum Gasteiger partial charge on any atom is 0.416 e. The molecule has 4 aliphatic heterocycles. The number of anilines is 3. The first-order valence-electron chi connectivity index (χ1n) is 27.9. The number of ether oxygens (including phenoxy) is 4. The second kappa shape index (κ2) is 24.4. The zero-order chi connectivity index (χ0) is 59.9. The number of nitrogens with one attached hydrogen (secondary N) is 4. The Morgan fingerprint density at radius 3 is 1.61 bits per heavy atom. The molecule has 4 fully saturated rings. The number of piperazine rings is 1. The van der Waals surface area contributed by atoms with Crippen LogP contribution in [0.25, 0.3) is 22.1 Å². The molecule has 6 aromatic rings. The lowest BCUT2D eigenvalue weighted by Crippen LogP contribution is -2.54. The van der Waals surface area contributed by atoms with Gasteiger partial charge in [-0.2, -0.15) is 13.2 Å². The van der Waals surface area contributed by atoms with Crippen molar-refractivity contribution < 1.29 is 68.9 Å². The lowest BCUT2D eigenvalue weighted by atomic mass is 10.0. The van der Waals surface area contributed by atoms with Gasteiger partial charge in [0.15, 0.2) is 11.6 Å². The normalized spacial score (nSPS) is 20.8. The third-order valence-corrected chi connectivity index (χ3v) is 16.9. The highest BCUT2D eigenvalue weighted by atomic mass is 19.4. The molecule has 450 valence electrons. The minimum Gasteiger partial charge on any atom is -0.453 e.